The molecule has 0 aliphatic carbocycles. The largest absolute Gasteiger partial charge is 0.321 e. The molecule has 0 saturated carbocycles. The van der Waals surface area contributed by atoms with Gasteiger partial charge in [0.2, 0.25) is 0 Å². The lowest BCUT2D eigenvalue weighted by molar-refractivity contribution is -0.292. The number of hydrogen-bond acceptors (Lipinski definition) is 3. The second-order valence-corrected chi connectivity index (χ2v) is 7.20. The van der Waals surface area contributed by atoms with Crippen LogP contribution in [0.3, 0.4) is 0 Å². The molecule has 2 N–H and O–H groups in total. The van der Waals surface area contributed by atoms with Crippen molar-refractivity contribution < 1.29 is 10.0 Å². The van der Waals surface area contributed by atoms with Crippen LogP contribution in [0.4, 0.5) is 0 Å². The number of carbonyl (C=O) groups is 1. The summed E-state index contributed by atoms with van der Waals surface area (Å²) >= 11 is 0. The van der Waals surface area contributed by atoms with Gasteiger partial charge >= 0.3 is 0 Å². The highest BCUT2D eigenvalue weighted by Gasteiger charge is 2.48. The van der Waals surface area contributed by atoms with Crippen LogP contribution in [-0.2, 0) is 10.0 Å². The molecule has 1 rings (SSSR count). The molecule has 0 aromatic rings. The molecule has 1 unspecified atom stereocenters. The van der Waals surface area contributed by atoms with Gasteiger partial charge in [-0.25, -0.2) is 0 Å². The number of carbonyl (C=O) groups excluding carboxylic acids is 1. The van der Waals surface area contributed by atoms with Crippen molar-refractivity contribution in [2.75, 3.05) is 0 Å². The first-order valence-electron chi connectivity index (χ1n) is 6.76. The molecule has 18 heavy (non-hydrogen) atoms. The Hall–Kier alpha value is -0.450. The summed E-state index contributed by atoms with van der Waals surface area (Å²) in [6, 6.07) is -0.417. The van der Waals surface area contributed by atoms with Crippen molar-refractivity contribution in [2.45, 2.75) is 71.5 Å². The fourth-order valence-electron chi connectivity index (χ4n) is 3.07. The van der Waals surface area contributed by atoms with Crippen molar-refractivity contribution >= 4 is 5.78 Å². The van der Waals surface area contributed by atoms with Crippen molar-refractivity contribution in [2.24, 2.45) is 17.6 Å². The van der Waals surface area contributed by atoms with Crippen molar-refractivity contribution in [3.05, 3.63) is 0 Å². The summed E-state index contributed by atoms with van der Waals surface area (Å²) in [5, 5.41) is 13.4. The van der Waals surface area contributed by atoms with Crippen LogP contribution < -0.4 is 5.73 Å². The maximum absolute atomic E-state index is 12.4. The van der Waals surface area contributed by atoms with Crippen molar-refractivity contribution in [1.29, 1.82) is 0 Å². The molecule has 0 aromatic carbocycles. The van der Waals surface area contributed by atoms with Gasteiger partial charge < -0.3 is 5.73 Å². The first-order chi connectivity index (χ1) is 7.99. The molecule has 4 heteroatoms. The number of hydroxylamine groups is 2. The standard InChI is InChI=1S/C14H27N2O2/c1-9(2)11(15)12(17)10-7-13(3,4)16(18)14(5,6)8-10/h9-11H,7-8,15H2,1-6H3. The summed E-state index contributed by atoms with van der Waals surface area (Å²) in [5.41, 5.74) is 4.96. The van der Waals surface area contributed by atoms with Crippen LogP contribution in [0.15, 0.2) is 0 Å². The minimum absolute atomic E-state index is 0.0994. The van der Waals surface area contributed by atoms with E-state index in [1.807, 2.05) is 41.5 Å². The van der Waals surface area contributed by atoms with Gasteiger partial charge in [-0.1, -0.05) is 13.8 Å². The van der Waals surface area contributed by atoms with Gasteiger partial charge in [-0.3, -0.25) is 4.79 Å². The fraction of sp³-hybridized carbons (Fsp3) is 0.929. The quantitative estimate of drug-likeness (QED) is 0.840. The summed E-state index contributed by atoms with van der Waals surface area (Å²) < 4.78 is 0. The maximum Gasteiger partial charge on any atom is 0.152 e. The van der Waals surface area contributed by atoms with Gasteiger partial charge in [0.1, 0.15) is 0 Å². The van der Waals surface area contributed by atoms with Gasteiger partial charge in [-0.05, 0) is 46.5 Å². The molecule has 1 aliphatic heterocycles. The maximum atomic E-state index is 12.4. The van der Waals surface area contributed by atoms with E-state index in [0.29, 0.717) is 12.8 Å². The highest BCUT2D eigenvalue weighted by atomic mass is 16.5. The first-order valence-corrected chi connectivity index (χ1v) is 6.76. The van der Waals surface area contributed by atoms with Crippen LogP contribution in [0.2, 0.25) is 0 Å². The molecule has 1 radical (unpaired) electrons. The predicted octanol–water partition coefficient (Wildman–Crippen LogP) is 2.15. The highest BCUT2D eigenvalue weighted by Crippen LogP contribution is 2.41. The number of piperidine rings is 1. The minimum Gasteiger partial charge on any atom is -0.321 e. The molecule has 1 atom stereocenters. The molecule has 4 nitrogen and oxygen atoms in total. The Morgan fingerprint density at radius 2 is 1.56 bits per heavy atom. The van der Waals surface area contributed by atoms with Crippen molar-refractivity contribution in [3.8, 4) is 0 Å². The number of rotatable bonds is 3. The lowest BCUT2D eigenvalue weighted by Gasteiger charge is -2.49. The fourth-order valence-corrected chi connectivity index (χ4v) is 3.07. The third-order valence-electron chi connectivity index (χ3n) is 4.04. The third-order valence-corrected chi connectivity index (χ3v) is 4.04. The van der Waals surface area contributed by atoms with Crippen LogP contribution in [0, 0.1) is 11.8 Å². The Morgan fingerprint density at radius 1 is 1.17 bits per heavy atom. The summed E-state index contributed by atoms with van der Waals surface area (Å²) in [4.78, 5) is 12.4. The van der Waals surface area contributed by atoms with Crippen molar-refractivity contribution in [3.63, 3.8) is 0 Å². The van der Waals surface area contributed by atoms with E-state index < -0.39 is 17.1 Å². The van der Waals surface area contributed by atoms with Gasteiger partial charge in [-0.2, -0.15) is 0 Å². The Bertz CT molecular complexity index is 306. The van der Waals surface area contributed by atoms with Crippen LogP contribution in [-0.4, -0.2) is 28.0 Å². The monoisotopic (exact) mass is 255 g/mol. The molecule has 0 aromatic heterocycles. The Kier molecular flexibility index (Phi) is 4.26. The molecule has 1 saturated heterocycles. The number of nitrogens with zero attached hydrogens (tertiary/aromatic N) is 1. The van der Waals surface area contributed by atoms with Gasteiger partial charge in [0.05, 0.1) is 6.04 Å². The smallest absolute Gasteiger partial charge is 0.152 e. The number of nitrogens with two attached hydrogens (primary N) is 1. The predicted molar refractivity (Wildman–Crippen MR) is 71.2 cm³/mol. The van der Waals surface area contributed by atoms with Crippen LogP contribution in [0.5, 0.6) is 0 Å². The van der Waals surface area contributed by atoms with E-state index in [4.69, 9.17) is 5.73 Å². The van der Waals surface area contributed by atoms with E-state index in [1.54, 1.807) is 0 Å². The number of Topliss-reactive ketones (excluding diaryl/α,β-unsaturated/α-hetero) is 1. The van der Waals surface area contributed by atoms with Crippen LogP contribution in [0.1, 0.15) is 54.4 Å². The molecule has 0 bridgehead atoms. The first kappa shape index (κ1) is 15.6. The van der Waals surface area contributed by atoms with Crippen molar-refractivity contribution in [1.82, 2.24) is 5.06 Å². The SMILES string of the molecule is CC(C)C(N)C(=O)C1CC(C)(C)N([O])C(C)(C)C1. The second kappa shape index (κ2) is 4.91. The summed E-state index contributed by atoms with van der Waals surface area (Å²) in [5.74, 6) is 0.158. The second-order valence-electron chi connectivity index (χ2n) is 7.20. The summed E-state index contributed by atoms with van der Waals surface area (Å²) in [7, 11) is 0. The lowest BCUT2D eigenvalue weighted by Crippen LogP contribution is -2.60. The molecular weight excluding hydrogens is 228 g/mol. The lowest BCUT2D eigenvalue weighted by atomic mass is 9.72. The van der Waals surface area contributed by atoms with E-state index in [-0.39, 0.29) is 17.6 Å². The zero-order chi connectivity index (χ0) is 14.3. The Labute approximate surface area is 110 Å². The molecule has 1 heterocycles. The minimum atomic E-state index is -0.501. The molecule has 1 fully saturated rings. The third kappa shape index (κ3) is 2.92. The van der Waals surface area contributed by atoms with Crippen LogP contribution >= 0.6 is 0 Å². The summed E-state index contributed by atoms with van der Waals surface area (Å²) in [6.45, 7) is 11.5. The van der Waals surface area contributed by atoms with E-state index in [0.717, 1.165) is 5.06 Å². The van der Waals surface area contributed by atoms with Crippen LogP contribution in [0.25, 0.3) is 0 Å². The van der Waals surface area contributed by atoms with Gasteiger partial charge in [0.15, 0.2) is 5.78 Å². The zero-order valence-corrected chi connectivity index (χ0v) is 12.5. The Morgan fingerprint density at radius 3 is 1.89 bits per heavy atom. The molecule has 0 amide bonds. The number of hydrogen-bond donors (Lipinski definition) is 1. The highest BCUT2D eigenvalue weighted by molar-refractivity contribution is 5.86. The molecular formula is C14H27N2O2. The topological polar surface area (TPSA) is 66.2 Å². The van der Waals surface area contributed by atoms with Gasteiger partial charge in [0.25, 0.3) is 0 Å². The molecule has 0 spiro atoms. The normalized spacial score (nSPS) is 26.3. The average molecular weight is 255 g/mol. The summed E-state index contributed by atoms with van der Waals surface area (Å²) in [6.07, 6.45) is 1.19. The van der Waals surface area contributed by atoms with Gasteiger partial charge in [-0.15, -0.1) is 10.3 Å². The van der Waals surface area contributed by atoms with E-state index in [9.17, 15) is 10.0 Å². The van der Waals surface area contributed by atoms with E-state index in [2.05, 4.69) is 0 Å². The number of ketones is 1. The average Bonchev–Trinajstić information content (AvgIpc) is 2.22. The van der Waals surface area contributed by atoms with E-state index in [1.165, 1.54) is 0 Å². The van der Waals surface area contributed by atoms with E-state index >= 15 is 0 Å². The molecule has 1 aliphatic rings. The van der Waals surface area contributed by atoms with Gasteiger partial charge in [0, 0.05) is 17.0 Å². The zero-order valence-electron chi connectivity index (χ0n) is 12.5. The Balaban J connectivity index is 2.90. The molecule has 105 valence electrons.